The van der Waals surface area contributed by atoms with E-state index in [0.717, 1.165) is 30.9 Å². The van der Waals surface area contributed by atoms with E-state index in [-0.39, 0.29) is 5.91 Å². The highest BCUT2D eigenvalue weighted by Gasteiger charge is 2.04. The fourth-order valence-corrected chi connectivity index (χ4v) is 1.44. The van der Waals surface area contributed by atoms with Crippen LogP contribution in [0.4, 0.5) is 0 Å². The lowest BCUT2D eigenvalue weighted by Crippen LogP contribution is -2.18. The molecule has 0 unspecified atom stereocenters. The third-order valence-electron chi connectivity index (χ3n) is 2.36. The van der Waals surface area contributed by atoms with Crippen LogP contribution in [0, 0.1) is 13.8 Å². The average molecular weight is 210 g/mol. The molecule has 4 N–H and O–H groups in total. The van der Waals surface area contributed by atoms with Crippen molar-refractivity contribution in [2.45, 2.75) is 33.2 Å². The molecule has 0 saturated heterocycles. The molecule has 0 aliphatic heterocycles. The Morgan fingerprint density at radius 1 is 1.53 bits per heavy atom. The van der Waals surface area contributed by atoms with Crippen LogP contribution in [-0.2, 0) is 11.3 Å². The van der Waals surface area contributed by atoms with E-state index in [4.69, 9.17) is 5.73 Å². The highest BCUT2D eigenvalue weighted by Crippen LogP contribution is 2.08. The first kappa shape index (κ1) is 11.7. The first-order valence-corrected chi connectivity index (χ1v) is 5.10. The summed E-state index contributed by atoms with van der Waals surface area (Å²) >= 11 is 0. The lowest BCUT2D eigenvalue weighted by Gasteiger charge is -2.03. The second-order valence-electron chi connectivity index (χ2n) is 3.66. The third-order valence-corrected chi connectivity index (χ3v) is 2.36. The molecule has 0 spiro atoms. The molecule has 5 nitrogen and oxygen atoms in total. The van der Waals surface area contributed by atoms with E-state index >= 15 is 0 Å². The predicted molar refractivity (Wildman–Crippen MR) is 58.2 cm³/mol. The molecule has 0 aliphatic rings. The van der Waals surface area contributed by atoms with Gasteiger partial charge in [-0.1, -0.05) is 0 Å². The Kier molecular flexibility index (Phi) is 4.30. The van der Waals surface area contributed by atoms with Crippen LogP contribution < -0.4 is 11.1 Å². The van der Waals surface area contributed by atoms with Gasteiger partial charge in [-0.05, 0) is 26.8 Å². The number of aryl methyl sites for hydroxylation is 2. The molecular weight excluding hydrogens is 192 g/mol. The van der Waals surface area contributed by atoms with Gasteiger partial charge in [0.05, 0.1) is 5.69 Å². The number of amides is 1. The molecule has 84 valence electrons. The smallest absolute Gasteiger partial charge is 0.217 e. The Balaban J connectivity index is 2.23. The van der Waals surface area contributed by atoms with Crippen LogP contribution in [-0.4, -0.2) is 22.6 Å². The summed E-state index contributed by atoms with van der Waals surface area (Å²) < 4.78 is 0. The number of carbonyl (C=O) groups is 1. The zero-order valence-corrected chi connectivity index (χ0v) is 9.26. The van der Waals surface area contributed by atoms with Crippen LogP contribution in [0.5, 0.6) is 0 Å². The van der Waals surface area contributed by atoms with Crippen LogP contribution >= 0.6 is 0 Å². The van der Waals surface area contributed by atoms with E-state index in [9.17, 15) is 4.79 Å². The maximum absolute atomic E-state index is 10.5. The van der Waals surface area contributed by atoms with Gasteiger partial charge in [0.1, 0.15) is 0 Å². The quantitative estimate of drug-likeness (QED) is 0.593. The molecule has 1 rings (SSSR count). The summed E-state index contributed by atoms with van der Waals surface area (Å²) in [6, 6.07) is 0. The SMILES string of the molecule is Cc1n[nH]c(C)c1CNCCCC(N)=O. The molecule has 5 heteroatoms. The van der Waals surface area contributed by atoms with Crippen molar-refractivity contribution in [3.8, 4) is 0 Å². The number of aromatic nitrogens is 2. The Morgan fingerprint density at radius 3 is 2.80 bits per heavy atom. The van der Waals surface area contributed by atoms with Crippen molar-refractivity contribution in [3.63, 3.8) is 0 Å². The first-order valence-electron chi connectivity index (χ1n) is 5.10. The Bertz CT molecular complexity index is 313. The van der Waals surface area contributed by atoms with E-state index in [2.05, 4.69) is 15.5 Å². The van der Waals surface area contributed by atoms with E-state index in [0.29, 0.717) is 6.42 Å². The van der Waals surface area contributed by atoms with E-state index in [1.807, 2.05) is 13.8 Å². The highest BCUT2D eigenvalue weighted by molar-refractivity contribution is 5.73. The second-order valence-corrected chi connectivity index (χ2v) is 3.66. The summed E-state index contributed by atoms with van der Waals surface area (Å²) in [5.41, 5.74) is 8.35. The van der Waals surface area contributed by atoms with Crippen molar-refractivity contribution in [3.05, 3.63) is 17.0 Å². The van der Waals surface area contributed by atoms with Gasteiger partial charge in [0.25, 0.3) is 0 Å². The molecule has 0 aliphatic carbocycles. The molecule has 1 amide bonds. The lowest BCUT2D eigenvalue weighted by molar-refractivity contribution is -0.118. The molecule has 1 aromatic rings. The Hall–Kier alpha value is -1.36. The molecule has 0 saturated carbocycles. The van der Waals surface area contributed by atoms with E-state index in [1.165, 1.54) is 5.56 Å². The number of nitrogens with two attached hydrogens (primary N) is 1. The number of rotatable bonds is 6. The summed E-state index contributed by atoms with van der Waals surface area (Å²) in [4.78, 5) is 10.5. The van der Waals surface area contributed by atoms with Crippen LogP contribution in [0.2, 0.25) is 0 Å². The maximum atomic E-state index is 10.5. The number of carbonyl (C=O) groups excluding carboxylic acids is 1. The second kappa shape index (κ2) is 5.50. The normalized spacial score (nSPS) is 10.5. The molecule has 1 aromatic heterocycles. The number of hydrogen-bond donors (Lipinski definition) is 3. The zero-order chi connectivity index (χ0) is 11.3. The van der Waals surface area contributed by atoms with E-state index < -0.39 is 0 Å². The Morgan fingerprint density at radius 2 is 2.27 bits per heavy atom. The van der Waals surface area contributed by atoms with Gasteiger partial charge < -0.3 is 11.1 Å². The zero-order valence-electron chi connectivity index (χ0n) is 9.26. The van der Waals surface area contributed by atoms with E-state index in [1.54, 1.807) is 0 Å². The Labute approximate surface area is 89.4 Å². The minimum Gasteiger partial charge on any atom is -0.370 e. The monoisotopic (exact) mass is 210 g/mol. The minimum absolute atomic E-state index is 0.243. The van der Waals surface area contributed by atoms with Crippen molar-refractivity contribution in [1.29, 1.82) is 0 Å². The first-order chi connectivity index (χ1) is 7.11. The molecular formula is C10H18N4O. The summed E-state index contributed by atoms with van der Waals surface area (Å²) in [7, 11) is 0. The van der Waals surface area contributed by atoms with Crippen molar-refractivity contribution in [2.24, 2.45) is 5.73 Å². The molecule has 15 heavy (non-hydrogen) atoms. The topological polar surface area (TPSA) is 83.8 Å². The van der Waals surface area contributed by atoms with Crippen molar-refractivity contribution in [1.82, 2.24) is 15.5 Å². The van der Waals surface area contributed by atoms with Crippen LogP contribution in [0.25, 0.3) is 0 Å². The van der Waals surface area contributed by atoms with Crippen LogP contribution in [0.15, 0.2) is 0 Å². The molecule has 0 fully saturated rings. The number of nitrogens with zero attached hydrogens (tertiary/aromatic N) is 1. The third kappa shape index (κ3) is 3.71. The van der Waals surface area contributed by atoms with Gasteiger partial charge in [-0.25, -0.2) is 0 Å². The van der Waals surface area contributed by atoms with Gasteiger partial charge >= 0.3 is 0 Å². The number of aromatic amines is 1. The fraction of sp³-hybridized carbons (Fsp3) is 0.600. The van der Waals surface area contributed by atoms with Crippen LogP contribution in [0.3, 0.4) is 0 Å². The molecule has 0 bridgehead atoms. The largest absolute Gasteiger partial charge is 0.370 e. The summed E-state index contributed by atoms with van der Waals surface area (Å²) in [5, 5.41) is 10.3. The molecule has 0 aromatic carbocycles. The maximum Gasteiger partial charge on any atom is 0.217 e. The van der Waals surface area contributed by atoms with Gasteiger partial charge in [-0.3, -0.25) is 9.89 Å². The number of H-pyrrole nitrogens is 1. The average Bonchev–Trinajstić information content (AvgIpc) is 2.47. The van der Waals surface area contributed by atoms with Crippen molar-refractivity contribution in [2.75, 3.05) is 6.54 Å². The fourth-order valence-electron chi connectivity index (χ4n) is 1.44. The summed E-state index contributed by atoms with van der Waals surface area (Å²) in [5.74, 6) is -0.243. The van der Waals surface area contributed by atoms with Crippen molar-refractivity contribution < 1.29 is 4.79 Å². The van der Waals surface area contributed by atoms with Gasteiger partial charge in [0.2, 0.25) is 5.91 Å². The summed E-state index contributed by atoms with van der Waals surface area (Å²) in [6.07, 6.45) is 1.22. The predicted octanol–water partition coefficient (Wildman–Crippen LogP) is 0.382. The number of nitrogens with one attached hydrogen (secondary N) is 2. The standard InChI is InChI=1S/C10H18N4O/c1-7-9(8(2)14-13-7)6-12-5-3-4-10(11)15/h12H,3-6H2,1-2H3,(H2,11,15)(H,13,14). The molecule has 0 radical (unpaired) electrons. The molecule has 1 heterocycles. The summed E-state index contributed by atoms with van der Waals surface area (Å²) in [6.45, 7) is 5.56. The van der Waals surface area contributed by atoms with Gasteiger partial charge in [0, 0.05) is 24.2 Å². The highest BCUT2D eigenvalue weighted by atomic mass is 16.1. The van der Waals surface area contributed by atoms with Crippen LogP contribution in [0.1, 0.15) is 29.8 Å². The molecule has 0 atom stereocenters. The minimum atomic E-state index is -0.243. The van der Waals surface area contributed by atoms with Gasteiger partial charge in [-0.15, -0.1) is 0 Å². The van der Waals surface area contributed by atoms with Crippen molar-refractivity contribution >= 4 is 5.91 Å². The van der Waals surface area contributed by atoms with Gasteiger partial charge in [0.15, 0.2) is 0 Å². The number of primary amides is 1. The lowest BCUT2D eigenvalue weighted by atomic mass is 10.2. The van der Waals surface area contributed by atoms with Gasteiger partial charge in [-0.2, -0.15) is 5.10 Å². The number of hydrogen-bond acceptors (Lipinski definition) is 3.